The minimum Gasteiger partial charge on any atom is -0.550 e. The van der Waals surface area contributed by atoms with E-state index in [9.17, 15) is 9.90 Å². The van der Waals surface area contributed by atoms with Gasteiger partial charge in [-0.05, 0) is 37.0 Å². The van der Waals surface area contributed by atoms with Gasteiger partial charge in [-0.3, -0.25) is 0 Å². The SMILES string of the molecule is COc1ccc(C2(C[NH2+]CCCC(=O)[O-])CCOCC2)cc1. The van der Waals surface area contributed by atoms with Crippen molar-refractivity contribution < 1.29 is 24.7 Å². The maximum absolute atomic E-state index is 10.5. The number of carbonyl (C=O) groups is 1. The summed E-state index contributed by atoms with van der Waals surface area (Å²) in [7, 11) is 1.67. The molecule has 0 saturated carbocycles. The van der Waals surface area contributed by atoms with Crippen LogP contribution in [0.5, 0.6) is 5.75 Å². The molecule has 0 aliphatic carbocycles. The van der Waals surface area contributed by atoms with Gasteiger partial charge in [0.2, 0.25) is 0 Å². The molecule has 0 amide bonds. The highest BCUT2D eigenvalue weighted by atomic mass is 16.5. The first kappa shape index (κ1) is 16.8. The maximum Gasteiger partial charge on any atom is 0.118 e. The number of ether oxygens (including phenoxy) is 2. The van der Waals surface area contributed by atoms with Gasteiger partial charge in [-0.25, -0.2) is 0 Å². The zero-order valence-corrected chi connectivity index (χ0v) is 13.2. The highest BCUT2D eigenvalue weighted by Crippen LogP contribution is 2.34. The number of quaternary nitrogens is 1. The van der Waals surface area contributed by atoms with Gasteiger partial charge in [0.25, 0.3) is 0 Å². The normalized spacial score (nSPS) is 17.1. The van der Waals surface area contributed by atoms with Crippen molar-refractivity contribution >= 4 is 5.97 Å². The molecule has 1 aliphatic heterocycles. The Bertz CT molecular complexity index is 466. The summed E-state index contributed by atoms with van der Waals surface area (Å²) in [5.41, 5.74) is 1.42. The van der Waals surface area contributed by atoms with Crippen LogP contribution in [0.25, 0.3) is 0 Å². The second kappa shape index (κ2) is 8.15. The zero-order valence-electron chi connectivity index (χ0n) is 13.2. The summed E-state index contributed by atoms with van der Waals surface area (Å²) in [5, 5.41) is 12.7. The third-order valence-electron chi connectivity index (χ3n) is 4.48. The number of hydrogen-bond donors (Lipinski definition) is 1. The van der Waals surface area contributed by atoms with Gasteiger partial charge in [0.15, 0.2) is 0 Å². The third-order valence-corrected chi connectivity index (χ3v) is 4.48. The van der Waals surface area contributed by atoms with E-state index >= 15 is 0 Å². The molecule has 0 aromatic heterocycles. The number of nitrogens with two attached hydrogens (primary N) is 1. The van der Waals surface area contributed by atoms with Crippen molar-refractivity contribution in [2.75, 3.05) is 33.4 Å². The molecule has 1 aromatic rings. The van der Waals surface area contributed by atoms with E-state index in [4.69, 9.17) is 9.47 Å². The molecule has 1 aromatic carbocycles. The van der Waals surface area contributed by atoms with Crippen molar-refractivity contribution in [2.24, 2.45) is 0 Å². The molecule has 0 unspecified atom stereocenters. The first-order valence-corrected chi connectivity index (χ1v) is 7.90. The molecular formula is C17H25NO4. The number of rotatable bonds is 8. The van der Waals surface area contributed by atoms with E-state index in [0.29, 0.717) is 6.42 Å². The first-order chi connectivity index (χ1) is 10.7. The van der Waals surface area contributed by atoms with Crippen LogP contribution in [0.3, 0.4) is 0 Å². The average molecular weight is 307 g/mol. The van der Waals surface area contributed by atoms with Crippen molar-refractivity contribution in [1.29, 1.82) is 0 Å². The Kier molecular flexibility index (Phi) is 6.21. The number of carbonyl (C=O) groups excluding carboxylic acids is 1. The summed E-state index contributed by atoms with van der Waals surface area (Å²) in [4.78, 5) is 10.5. The zero-order chi connectivity index (χ0) is 15.8. The van der Waals surface area contributed by atoms with Crippen LogP contribution < -0.4 is 15.2 Å². The van der Waals surface area contributed by atoms with Crippen LogP contribution in [0, 0.1) is 0 Å². The van der Waals surface area contributed by atoms with Crippen LogP contribution >= 0.6 is 0 Å². The smallest absolute Gasteiger partial charge is 0.118 e. The van der Waals surface area contributed by atoms with E-state index in [1.54, 1.807) is 7.11 Å². The van der Waals surface area contributed by atoms with Gasteiger partial charge in [0.05, 0.1) is 20.2 Å². The molecule has 2 rings (SSSR count). The van der Waals surface area contributed by atoms with E-state index in [2.05, 4.69) is 17.4 Å². The molecule has 122 valence electrons. The maximum atomic E-state index is 10.5. The lowest BCUT2D eigenvalue weighted by Crippen LogP contribution is -2.88. The number of benzene rings is 1. The van der Waals surface area contributed by atoms with Crippen molar-refractivity contribution in [3.8, 4) is 5.75 Å². The quantitative estimate of drug-likeness (QED) is 0.677. The fourth-order valence-electron chi connectivity index (χ4n) is 3.09. The summed E-state index contributed by atoms with van der Waals surface area (Å²) >= 11 is 0. The Labute approximate surface area is 131 Å². The average Bonchev–Trinajstić information content (AvgIpc) is 2.55. The Hall–Kier alpha value is -1.59. The standard InChI is InChI=1S/C17H25NO4/c1-21-15-6-4-14(5-7-15)17(8-11-22-12-9-17)13-18-10-2-3-16(19)20/h4-7,18H,2-3,8-13H2,1H3,(H,19,20). The molecule has 1 aliphatic rings. The molecule has 1 fully saturated rings. The van der Waals surface area contributed by atoms with E-state index in [1.807, 2.05) is 12.1 Å². The first-order valence-electron chi connectivity index (χ1n) is 7.90. The molecule has 2 N–H and O–H groups in total. The summed E-state index contributed by atoms with van der Waals surface area (Å²) < 4.78 is 10.8. The largest absolute Gasteiger partial charge is 0.550 e. The topological polar surface area (TPSA) is 75.2 Å². The Morgan fingerprint density at radius 3 is 2.59 bits per heavy atom. The monoisotopic (exact) mass is 307 g/mol. The second-order valence-electron chi connectivity index (χ2n) is 5.88. The van der Waals surface area contributed by atoms with Crippen LogP contribution in [-0.4, -0.2) is 39.4 Å². The predicted octanol–water partition coefficient (Wildman–Crippen LogP) is -0.163. The fourth-order valence-corrected chi connectivity index (χ4v) is 3.09. The van der Waals surface area contributed by atoms with Gasteiger partial charge in [-0.1, -0.05) is 12.1 Å². The molecule has 0 radical (unpaired) electrons. The van der Waals surface area contributed by atoms with Crippen molar-refractivity contribution in [2.45, 2.75) is 31.1 Å². The summed E-state index contributed by atoms with van der Waals surface area (Å²) in [6, 6.07) is 8.28. The predicted molar refractivity (Wildman–Crippen MR) is 80.6 cm³/mol. The molecule has 0 spiro atoms. The molecule has 5 nitrogen and oxygen atoms in total. The number of carboxylic acid groups (broad SMARTS) is 1. The number of aliphatic carboxylic acids is 1. The van der Waals surface area contributed by atoms with E-state index in [0.717, 1.165) is 44.9 Å². The third kappa shape index (κ3) is 4.45. The van der Waals surface area contributed by atoms with Crippen LogP contribution in [-0.2, 0) is 14.9 Å². The summed E-state index contributed by atoms with van der Waals surface area (Å²) in [5.74, 6) is -0.103. The Morgan fingerprint density at radius 1 is 1.32 bits per heavy atom. The Balaban J connectivity index is 1.98. The van der Waals surface area contributed by atoms with Crippen molar-refractivity contribution in [3.63, 3.8) is 0 Å². The number of hydrogen-bond acceptors (Lipinski definition) is 4. The van der Waals surface area contributed by atoms with Crippen LogP contribution in [0.2, 0.25) is 0 Å². The van der Waals surface area contributed by atoms with Crippen LogP contribution in [0.1, 0.15) is 31.2 Å². The van der Waals surface area contributed by atoms with Crippen molar-refractivity contribution in [1.82, 2.24) is 0 Å². The van der Waals surface area contributed by atoms with Crippen molar-refractivity contribution in [3.05, 3.63) is 29.8 Å². The number of methoxy groups -OCH3 is 1. The van der Waals surface area contributed by atoms with E-state index < -0.39 is 5.97 Å². The summed E-state index contributed by atoms with van der Waals surface area (Å²) in [6.45, 7) is 3.32. The highest BCUT2D eigenvalue weighted by Gasteiger charge is 2.36. The van der Waals surface area contributed by atoms with E-state index in [-0.39, 0.29) is 11.8 Å². The van der Waals surface area contributed by atoms with Gasteiger partial charge < -0.3 is 24.7 Å². The summed E-state index contributed by atoms with van der Waals surface area (Å²) in [6.07, 6.45) is 2.78. The van der Waals surface area contributed by atoms with Gasteiger partial charge in [-0.15, -0.1) is 0 Å². The van der Waals surface area contributed by atoms with Gasteiger partial charge in [0.1, 0.15) is 5.75 Å². The van der Waals surface area contributed by atoms with E-state index in [1.165, 1.54) is 5.56 Å². The van der Waals surface area contributed by atoms with Gasteiger partial charge in [0, 0.05) is 31.0 Å². The lowest BCUT2D eigenvalue weighted by molar-refractivity contribution is -0.663. The van der Waals surface area contributed by atoms with Crippen LogP contribution in [0.15, 0.2) is 24.3 Å². The lowest BCUT2D eigenvalue weighted by Gasteiger charge is -2.36. The molecule has 22 heavy (non-hydrogen) atoms. The number of carboxylic acids is 1. The fraction of sp³-hybridized carbons (Fsp3) is 0.588. The molecule has 0 atom stereocenters. The molecule has 5 heteroatoms. The van der Waals surface area contributed by atoms with Gasteiger partial charge >= 0.3 is 0 Å². The lowest BCUT2D eigenvalue weighted by atomic mass is 9.74. The molecular weight excluding hydrogens is 282 g/mol. The molecule has 0 bridgehead atoms. The minimum absolute atomic E-state index is 0.103. The second-order valence-corrected chi connectivity index (χ2v) is 5.88. The Morgan fingerprint density at radius 2 is 2.00 bits per heavy atom. The minimum atomic E-state index is -0.968. The van der Waals surface area contributed by atoms with Crippen LogP contribution in [0.4, 0.5) is 0 Å². The van der Waals surface area contributed by atoms with Gasteiger partial charge in [-0.2, -0.15) is 0 Å². The highest BCUT2D eigenvalue weighted by molar-refractivity contribution is 5.64. The molecule has 1 saturated heterocycles. The molecule has 1 heterocycles.